The second kappa shape index (κ2) is 8.80. The maximum Gasteiger partial charge on any atom is 0.200 e. The number of nitrogens with two attached hydrogens (primary N) is 1. The summed E-state index contributed by atoms with van der Waals surface area (Å²) in [5, 5.41) is 40.2. The molecule has 1 aliphatic heterocycles. The number of hydrogen-bond acceptors (Lipinski definition) is 9. The van der Waals surface area contributed by atoms with Gasteiger partial charge in [-0.25, -0.2) is 0 Å². The number of hydrogen-bond donors (Lipinski definition) is 5. The second-order valence-corrected chi connectivity index (χ2v) is 7.72. The van der Waals surface area contributed by atoms with Crippen molar-refractivity contribution < 1.29 is 39.4 Å². The minimum absolute atomic E-state index is 0.123. The van der Waals surface area contributed by atoms with Gasteiger partial charge in [-0.1, -0.05) is 6.07 Å². The minimum atomic E-state index is -0.807. The molecule has 2 atom stereocenters. The molecule has 2 unspecified atom stereocenters. The lowest BCUT2D eigenvalue weighted by Gasteiger charge is -2.40. The first-order valence-corrected chi connectivity index (χ1v) is 10.2. The van der Waals surface area contributed by atoms with E-state index in [1.54, 1.807) is 6.07 Å². The molecule has 6 N–H and O–H groups in total. The number of benzene rings is 2. The van der Waals surface area contributed by atoms with Crippen molar-refractivity contribution in [1.82, 2.24) is 0 Å². The van der Waals surface area contributed by atoms with Crippen molar-refractivity contribution in [2.24, 2.45) is 5.73 Å². The Bertz CT molecular complexity index is 950. The van der Waals surface area contributed by atoms with Gasteiger partial charge in [-0.3, -0.25) is 0 Å². The lowest BCUT2D eigenvalue weighted by molar-refractivity contribution is -0.102. The molecule has 168 valence electrons. The Labute approximate surface area is 179 Å². The molecule has 0 bridgehead atoms. The summed E-state index contributed by atoms with van der Waals surface area (Å²) in [5.74, 6) is -1.21. The topological polar surface area (TPSA) is 144 Å². The molecule has 2 aromatic carbocycles. The molecular weight excluding hydrogens is 406 g/mol. The number of phenols is 4. The zero-order valence-electron chi connectivity index (χ0n) is 17.0. The molecule has 31 heavy (non-hydrogen) atoms. The van der Waals surface area contributed by atoms with Crippen LogP contribution in [0.1, 0.15) is 22.6 Å². The van der Waals surface area contributed by atoms with Crippen molar-refractivity contribution in [2.45, 2.75) is 17.9 Å². The Morgan fingerprint density at radius 2 is 1.61 bits per heavy atom. The summed E-state index contributed by atoms with van der Waals surface area (Å²) in [7, 11) is 0. The van der Waals surface area contributed by atoms with Crippen LogP contribution in [0.4, 0.5) is 0 Å². The smallest absolute Gasteiger partial charge is 0.200 e. The number of fused-ring (bicyclic) bond motifs is 5. The van der Waals surface area contributed by atoms with Gasteiger partial charge in [0.2, 0.25) is 5.75 Å². The standard InChI is InChI=1S/C22H27NO8/c23-3-4-28-5-6-29-7-8-31-22-11-13-9-17(25)18(26)10-15(13)19(22)14-1-2-16(24)20(27)21(14)30-12-22/h1-2,9-10,19,24-27H,3-8,11-12,23H2. The molecule has 0 spiro atoms. The fraction of sp³-hybridized carbons (Fsp3) is 0.455. The normalized spacial score (nSPS) is 21.3. The Balaban J connectivity index is 1.56. The molecule has 0 radical (unpaired) electrons. The second-order valence-electron chi connectivity index (χ2n) is 7.72. The van der Waals surface area contributed by atoms with Gasteiger partial charge in [0, 0.05) is 24.4 Å². The van der Waals surface area contributed by atoms with Gasteiger partial charge >= 0.3 is 0 Å². The van der Waals surface area contributed by atoms with E-state index < -0.39 is 5.60 Å². The highest BCUT2D eigenvalue weighted by Crippen LogP contribution is 2.57. The molecule has 0 aromatic heterocycles. The Morgan fingerprint density at radius 3 is 2.39 bits per heavy atom. The van der Waals surface area contributed by atoms with Crippen LogP contribution in [-0.4, -0.2) is 72.2 Å². The third-order valence-corrected chi connectivity index (χ3v) is 5.73. The predicted molar refractivity (Wildman–Crippen MR) is 110 cm³/mol. The zero-order valence-corrected chi connectivity index (χ0v) is 17.0. The first-order valence-electron chi connectivity index (χ1n) is 10.2. The Hall–Kier alpha value is -2.72. The fourth-order valence-corrected chi connectivity index (χ4v) is 4.39. The van der Waals surface area contributed by atoms with Gasteiger partial charge in [-0.15, -0.1) is 0 Å². The number of phenolic OH excluding ortho intramolecular Hbond substituents is 4. The summed E-state index contributed by atoms with van der Waals surface area (Å²) in [6, 6.07) is 6.12. The van der Waals surface area contributed by atoms with Gasteiger partial charge in [0.1, 0.15) is 12.2 Å². The van der Waals surface area contributed by atoms with Crippen LogP contribution in [0, 0.1) is 0 Å². The third-order valence-electron chi connectivity index (χ3n) is 5.73. The van der Waals surface area contributed by atoms with Crippen molar-refractivity contribution in [3.05, 3.63) is 41.0 Å². The van der Waals surface area contributed by atoms with E-state index in [9.17, 15) is 20.4 Å². The van der Waals surface area contributed by atoms with Crippen LogP contribution in [0.15, 0.2) is 24.3 Å². The highest BCUT2D eigenvalue weighted by Gasteiger charge is 2.53. The average molecular weight is 433 g/mol. The van der Waals surface area contributed by atoms with Crippen molar-refractivity contribution >= 4 is 0 Å². The van der Waals surface area contributed by atoms with E-state index >= 15 is 0 Å². The molecule has 1 heterocycles. The van der Waals surface area contributed by atoms with Gasteiger partial charge in [-0.2, -0.15) is 0 Å². The van der Waals surface area contributed by atoms with Crippen LogP contribution in [0.2, 0.25) is 0 Å². The molecule has 9 heteroatoms. The van der Waals surface area contributed by atoms with Gasteiger partial charge in [0.05, 0.1) is 33.0 Å². The van der Waals surface area contributed by atoms with E-state index in [0.717, 1.165) is 11.1 Å². The van der Waals surface area contributed by atoms with Crippen molar-refractivity contribution in [2.75, 3.05) is 46.2 Å². The monoisotopic (exact) mass is 433 g/mol. The summed E-state index contributed by atoms with van der Waals surface area (Å²) in [5.41, 5.74) is 6.80. The van der Waals surface area contributed by atoms with E-state index in [1.165, 1.54) is 18.2 Å². The minimum Gasteiger partial charge on any atom is -0.504 e. The molecular formula is C22H27NO8. The summed E-state index contributed by atoms with van der Waals surface area (Å²) in [6.07, 6.45) is 0.446. The SMILES string of the molecule is NCCOCCOCCOC12COc3c(ccc(O)c3O)C1c1cc(O)c(O)cc1C2. The lowest BCUT2D eigenvalue weighted by Crippen LogP contribution is -2.47. The van der Waals surface area contributed by atoms with Crippen LogP contribution >= 0.6 is 0 Å². The summed E-state index contributed by atoms with van der Waals surface area (Å²) < 4.78 is 22.9. The first kappa shape index (κ1) is 21.5. The van der Waals surface area contributed by atoms with Gasteiger partial charge in [-0.05, 0) is 29.3 Å². The van der Waals surface area contributed by atoms with Gasteiger partial charge in [0.15, 0.2) is 23.0 Å². The summed E-state index contributed by atoms with van der Waals surface area (Å²) >= 11 is 0. The van der Waals surface area contributed by atoms with Crippen molar-refractivity contribution in [3.63, 3.8) is 0 Å². The fourth-order valence-electron chi connectivity index (χ4n) is 4.39. The molecule has 2 aliphatic rings. The highest BCUT2D eigenvalue weighted by atomic mass is 16.6. The molecule has 4 rings (SSSR count). The maximum atomic E-state index is 10.3. The number of rotatable bonds is 9. The molecule has 0 saturated heterocycles. The molecule has 9 nitrogen and oxygen atoms in total. The summed E-state index contributed by atoms with van der Waals surface area (Å²) in [4.78, 5) is 0. The van der Waals surface area contributed by atoms with E-state index in [1.807, 2.05) is 0 Å². The lowest BCUT2D eigenvalue weighted by atomic mass is 9.80. The molecule has 2 aromatic rings. The average Bonchev–Trinajstić information content (AvgIpc) is 3.06. The van der Waals surface area contributed by atoms with E-state index in [-0.39, 0.29) is 41.3 Å². The molecule has 0 fully saturated rings. The quantitative estimate of drug-likeness (QED) is 0.292. The first-order chi connectivity index (χ1) is 15.0. The number of aromatic hydroxyl groups is 4. The van der Waals surface area contributed by atoms with Crippen molar-refractivity contribution in [3.8, 4) is 28.7 Å². The molecule has 1 aliphatic carbocycles. The maximum absolute atomic E-state index is 10.3. The van der Waals surface area contributed by atoms with Crippen molar-refractivity contribution in [1.29, 1.82) is 0 Å². The van der Waals surface area contributed by atoms with Crippen LogP contribution in [-0.2, 0) is 20.6 Å². The zero-order chi connectivity index (χ0) is 22.0. The molecule has 0 amide bonds. The van der Waals surface area contributed by atoms with Gasteiger partial charge < -0.3 is 45.1 Å². The van der Waals surface area contributed by atoms with E-state index in [2.05, 4.69) is 0 Å². The van der Waals surface area contributed by atoms with Crippen LogP contribution in [0.25, 0.3) is 0 Å². The Morgan fingerprint density at radius 1 is 0.903 bits per heavy atom. The molecule has 0 saturated carbocycles. The van der Waals surface area contributed by atoms with Crippen LogP contribution in [0.5, 0.6) is 28.7 Å². The largest absolute Gasteiger partial charge is 0.504 e. The van der Waals surface area contributed by atoms with E-state index in [0.29, 0.717) is 51.6 Å². The predicted octanol–water partition coefficient (Wildman–Crippen LogP) is 1.34. The Kier molecular flexibility index (Phi) is 6.10. The number of ether oxygens (including phenoxy) is 4. The van der Waals surface area contributed by atoms with Crippen LogP contribution in [0.3, 0.4) is 0 Å². The third kappa shape index (κ3) is 3.97. The van der Waals surface area contributed by atoms with Gasteiger partial charge in [0.25, 0.3) is 0 Å². The highest BCUT2D eigenvalue weighted by molar-refractivity contribution is 5.63. The van der Waals surface area contributed by atoms with E-state index in [4.69, 9.17) is 24.7 Å². The van der Waals surface area contributed by atoms with Crippen LogP contribution < -0.4 is 10.5 Å². The summed E-state index contributed by atoms with van der Waals surface area (Å²) in [6.45, 7) is 2.60.